The number of carbonyl (C=O) groups excluding carboxylic acids is 4. The molecule has 0 amide bonds. The average Bonchev–Trinajstić information content (AvgIpc) is 1.64. The van der Waals surface area contributed by atoms with Crippen LogP contribution in [0, 0.1) is 51.8 Å². The summed E-state index contributed by atoms with van der Waals surface area (Å²) in [6.45, 7) is 0.697. The zero-order chi connectivity index (χ0) is 103. The quantitative estimate of drug-likeness (QED) is 0.0127. The van der Waals surface area contributed by atoms with Crippen molar-refractivity contribution in [3.05, 3.63) is 303 Å². The number of hydrogen-bond acceptors (Lipinski definition) is 36. The molecule has 0 radical (unpaired) electrons. The third kappa shape index (κ3) is 31.5. The van der Waals surface area contributed by atoms with Gasteiger partial charge in [-0.25, -0.2) is 69.2 Å². The van der Waals surface area contributed by atoms with Gasteiger partial charge in [-0.15, -0.1) is 34.0 Å². The highest BCUT2D eigenvalue weighted by Crippen LogP contribution is 2.43. The maximum Gasteiger partial charge on any atom is 0.333 e. The lowest BCUT2D eigenvalue weighted by atomic mass is 9.95. The smallest absolute Gasteiger partial charge is 0.333 e. The van der Waals surface area contributed by atoms with Crippen LogP contribution < -0.4 is 35.9 Å². The molecular formula is C92H95BrCl3F2IN14O23S7. The zero-order valence-corrected chi connectivity index (χ0v) is 87.3. The summed E-state index contributed by atoms with van der Waals surface area (Å²) in [5.74, 6) is -2.73. The first kappa shape index (κ1) is 111. The Kier molecular flexibility index (Phi) is 38.5. The molecule has 16 rings (SSSR count). The number of anilines is 2. The molecule has 51 heteroatoms. The van der Waals surface area contributed by atoms with Crippen molar-refractivity contribution in [1.82, 2.24) is 39.9 Å². The SMILES string of the molecule is COc1ccc(Cl)cc1C(O)c1cc(C(=O)c2cncnc2N[C@@H]2C[C@H](COS(N)(=O)=O)[C@@H](O)C2)sc1Cl.Cc1oc(C(=O)c2cncnc2C[C@@H]2C[C@H](COS(N)(=O)=O)[C@@H](O)[C@@H]2F)cc1Cc1cccc(Br)c1.NS(=O)(=O)OC[C@H]1C[C@@H](Cc2ncncc2C(=O)c2cc(Cc3ccc(F)c(Cl)c3)cs2)C[C@@H]1O.NS(=O)(=O)OC[C@H]1C[C@@H](Nc2ncncc2C(=O)c2cc(Cc3cccc(I)c3)cs2)C[C@@H]1O. The molecule has 0 spiro atoms. The summed E-state index contributed by atoms with van der Waals surface area (Å²) in [5.41, 5.74) is 8.49. The Hall–Kier alpha value is -9.12. The number of nitrogens with zero attached hydrogens (tertiary/aromatic N) is 8. The number of ketones is 4. The lowest BCUT2D eigenvalue weighted by Crippen LogP contribution is -2.29. The first-order chi connectivity index (χ1) is 67.7. The summed E-state index contributed by atoms with van der Waals surface area (Å²) >= 11 is 27.8. The van der Waals surface area contributed by atoms with Crippen LogP contribution in [0.15, 0.2) is 179 Å². The summed E-state index contributed by atoms with van der Waals surface area (Å²) in [4.78, 5) is 87.5. The van der Waals surface area contributed by atoms with Crippen LogP contribution in [0.5, 0.6) is 5.75 Å². The number of carbonyl (C=O) groups is 4. The van der Waals surface area contributed by atoms with E-state index in [2.05, 4.69) is 118 Å². The number of aliphatic hydroxyl groups is 5. The molecule has 0 aliphatic heterocycles. The van der Waals surface area contributed by atoms with E-state index in [0.29, 0.717) is 117 Å². The van der Waals surface area contributed by atoms with Crippen molar-refractivity contribution in [2.45, 2.75) is 133 Å². The highest BCUT2D eigenvalue weighted by Gasteiger charge is 2.45. The molecule has 0 saturated heterocycles. The largest absolute Gasteiger partial charge is 0.496 e. The molecule has 1 unspecified atom stereocenters. The molecule has 8 aromatic heterocycles. The van der Waals surface area contributed by atoms with Gasteiger partial charge < -0.3 is 45.3 Å². The normalized spacial score (nSPS) is 20.8. The number of furan rings is 1. The Labute approximate surface area is 870 Å². The van der Waals surface area contributed by atoms with Gasteiger partial charge in [-0.1, -0.05) is 81.1 Å². The number of nitrogens with one attached hydrogen (secondary N) is 2. The predicted molar refractivity (Wildman–Crippen MR) is 539 cm³/mol. The fourth-order valence-corrected chi connectivity index (χ4v) is 23.0. The molecule has 4 aromatic carbocycles. The first-order valence-corrected chi connectivity index (χ1v) is 55.1. The number of rotatable bonds is 37. The third-order valence-electron chi connectivity index (χ3n) is 24.0. The van der Waals surface area contributed by atoms with E-state index in [9.17, 15) is 87.2 Å². The van der Waals surface area contributed by atoms with Crippen molar-refractivity contribution in [3.8, 4) is 5.75 Å². The highest BCUT2D eigenvalue weighted by atomic mass is 127. The van der Waals surface area contributed by atoms with Crippen molar-refractivity contribution in [2.75, 3.05) is 44.2 Å². The molecule has 12 aromatic rings. The third-order valence-corrected chi connectivity index (χ3v) is 30.9. The number of nitrogens with two attached hydrogens (primary N) is 4. The van der Waals surface area contributed by atoms with E-state index < -0.39 is 126 Å². The van der Waals surface area contributed by atoms with Crippen molar-refractivity contribution in [2.24, 2.45) is 56.1 Å². The number of aromatic nitrogens is 8. The molecule has 37 nitrogen and oxygen atoms in total. The van der Waals surface area contributed by atoms with Crippen LogP contribution in [0.25, 0.3) is 0 Å². The van der Waals surface area contributed by atoms with Gasteiger partial charge in [-0.05, 0) is 235 Å². The van der Waals surface area contributed by atoms with Crippen molar-refractivity contribution >= 4 is 183 Å². The van der Waals surface area contributed by atoms with E-state index in [0.717, 1.165) is 53.6 Å². The molecular weight excluding hydrogens is 2240 g/mol. The number of alkyl halides is 1. The van der Waals surface area contributed by atoms with Crippen LogP contribution in [0.3, 0.4) is 0 Å². The van der Waals surface area contributed by atoms with Gasteiger partial charge >= 0.3 is 41.2 Å². The Morgan fingerprint density at radius 2 is 1.01 bits per heavy atom. The molecule has 4 aliphatic carbocycles. The minimum absolute atomic E-state index is 0.0114. The number of ether oxygens (including phenoxy) is 1. The summed E-state index contributed by atoms with van der Waals surface area (Å²) in [6.07, 6.45) is 9.11. The number of benzene rings is 4. The molecule has 4 aliphatic rings. The summed E-state index contributed by atoms with van der Waals surface area (Å²) in [5, 5.41) is 82.2. The lowest BCUT2D eigenvalue weighted by Gasteiger charge is -2.15. The maximum atomic E-state index is 14.8. The molecule has 143 heavy (non-hydrogen) atoms. The van der Waals surface area contributed by atoms with E-state index in [-0.39, 0.29) is 112 Å². The molecule has 0 bridgehead atoms. The predicted octanol–water partition coefficient (Wildman–Crippen LogP) is 12.0. The van der Waals surface area contributed by atoms with Gasteiger partial charge in [0.15, 0.2) is 5.76 Å². The monoisotopic (exact) mass is 2340 g/mol. The second-order valence-corrected chi connectivity index (χ2v) is 45.7. The highest BCUT2D eigenvalue weighted by molar-refractivity contribution is 14.1. The van der Waals surface area contributed by atoms with Crippen molar-refractivity contribution in [3.63, 3.8) is 0 Å². The Morgan fingerprint density at radius 3 is 1.55 bits per heavy atom. The van der Waals surface area contributed by atoms with Crippen LogP contribution in [-0.2, 0) is 90.1 Å². The van der Waals surface area contributed by atoms with Gasteiger partial charge in [-0.2, -0.15) is 33.7 Å². The number of thiophene rings is 3. The minimum atomic E-state index is -4.21. The second-order valence-electron chi connectivity index (χ2n) is 34.3. The summed E-state index contributed by atoms with van der Waals surface area (Å²) in [6, 6.07) is 31.7. The summed E-state index contributed by atoms with van der Waals surface area (Å²) < 4.78 is 149. The summed E-state index contributed by atoms with van der Waals surface area (Å²) in [7, 11) is -15.0. The van der Waals surface area contributed by atoms with Gasteiger partial charge in [0.05, 0.1) is 116 Å². The van der Waals surface area contributed by atoms with Crippen molar-refractivity contribution in [1.29, 1.82) is 0 Å². The van der Waals surface area contributed by atoms with Gasteiger partial charge in [0.1, 0.15) is 66.5 Å². The van der Waals surface area contributed by atoms with Crippen LogP contribution >= 0.6 is 107 Å². The van der Waals surface area contributed by atoms with Crippen LogP contribution in [0.1, 0.15) is 175 Å². The molecule has 8 heterocycles. The Morgan fingerprint density at radius 1 is 0.531 bits per heavy atom. The van der Waals surface area contributed by atoms with E-state index in [1.165, 1.54) is 97.6 Å². The van der Waals surface area contributed by atoms with Gasteiger partial charge in [0.2, 0.25) is 23.1 Å². The second kappa shape index (κ2) is 49.6. The fourth-order valence-electron chi connectivity index (χ4n) is 17.1. The standard InChI is InChI=1S/C24H25BrFN3O6S.C23H24Cl2N4O7S2.C23H23ClFN3O5S2.C22H23IN4O5S2/c1-13-15(5-14-3-2-4-18(25)6-14)9-21(35-13)24(31)19-10-28-12-29-20(19)8-16-7-17(23(30)22(16)26)11-34-36(27,32)33;1-35-18-3-2-12(24)5-14(18)20(31)15-7-19(37-22(15)25)21(32)16-8-27-10-28-23(16)29-13-4-11(17(30)6-13)9-36-38(26,33)34;24-18-5-13(1-2-19(18)25)3-15-8-22(34-11-15)23(30)17-9-27-12-28-20(17)6-14-4-16(21(29)7-14)10-33-35(26,31)32;23-16-3-1-2-13(5-16)4-14-6-20(33-11-14)21(29)18-9-25-12-26-22(18)27-17-7-15(19(28)8-17)10-32-34(24,30)31/h2-4,6,9-10,12,16-17,22-23,30H,5,7-8,11H2,1H3,(H2,27,32,33);2-3,5,7-8,10-11,13,17,20,30-31H,4,6,9H2,1H3,(H2,26,33,34)(H,27,28,29);1-2,5,8-9,11-12,14,16,21,29H,3-4,6-7,10H2,(H2,26,31,32);1-3,5-6,9,11-12,15,17,19,28H,4,7-8,10H2,(H2,24,30,31)(H,25,26,27)/t16-,17+,22+,23+;11-,13-,17+,20?;14-,16+,21-;15-,17-,19+/m0101/s1. The molecule has 15 N–H and O–H groups in total. The van der Waals surface area contributed by atoms with Gasteiger partial charge in [-0.3, -0.25) is 35.9 Å². The molecule has 14 atom stereocenters. The van der Waals surface area contributed by atoms with Crippen molar-refractivity contribution < 1.29 is 113 Å². The van der Waals surface area contributed by atoms with Gasteiger partial charge in [0.25, 0.3) is 0 Å². The number of methoxy groups -OCH3 is 1. The van der Waals surface area contributed by atoms with E-state index in [1.54, 1.807) is 49.4 Å². The molecule has 762 valence electrons. The van der Waals surface area contributed by atoms with Gasteiger partial charge in [0, 0.05) is 91.2 Å². The topological polar surface area (TPSA) is 597 Å². The van der Waals surface area contributed by atoms with Crippen LogP contribution in [-0.4, -0.2) is 198 Å². The van der Waals surface area contributed by atoms with Crippen LogP contribution in [0.2, 0.25) is 14.4 Å². The first-order valence-electron chi connectivity index (χ1n) is 43.7. The number of halogens is 7. The number of hydrogen-bond donors (Lipinski definition) is 11. The van der Waals surface area contributed by atoms with E-state index in [4.69, 9.17) is 64.5 Å². The Bertz CT molecular complexity index is 7080. The minimum Gasteiger partial charge on any atom is -0.496 e. The van der Waals surface area contributed by atoms with E-state index in [1.807, 2.05) is 53.2 Å². The lowest BCUT2D eigenvalue weighted by molar-refractivity contribution is 0.0438. The fraction of sp³-hybridized carbons (Fsp3) is 0.348. The molecule has 4 saturated carbocycles. The van der Waals surface area contributed by atoms with E-state index >= 15 is 0 Å². The average molecular weight is 2340 g/mol. The van der Waals surface area contributed by atoms with Crippen LogP contribution in [0.4, 0.5) is 20.4 Å². The number of aliphatic hydroxyl groups excluding tert-OH is 5. The maximum absolute atomic E-state index is 14.8. The Balaban J connectivity index is 0.000000160. The molecule has 4 fully saturated rings. The zero-order valence-electron chi connectivity index (χ0n) is 75.5. The number of aryl methyl sites for hydroxylation is 1.